The largest absolute Gasteiger partial charge is 0.481 e. The van der Waals surface area contributed by atoms with Crippen LogP contribution in [0.5, 0.6) is 0 Å². The van der Waals surface area contributed by atoms with Crippen LogP contribution in [0.2, 0.25) is 0 Å². The highest BCUT2D eigenvalue weighted by atomic mass is 16.5. The molecule has 0 radical (unpaired) electrons. The quantitative estimate of drug-likeness (QED) is 0.526. The zero-order valence-electron chi connectivity index (χ0n) is 19.6. The van der Waals surface area contributed by atoms with E-state index in [-0.39, 0.29) is 37.2 Å². The van der Waals surface area contributed by atoms with Gasteiger partial charge in [-0.05, 0) is 48.4 Å². The zero-order valence-corrected chi connectivity index (χ0v) is 19.6. The molecule has 2 amide bonds. The van der Waals surface area contributed by atoms with Crippen molar-refractivity contribution in [2.45, 2.75) is 58.0 Å². The molecule has 2 aromatic rings. The molecule has 0 spiro atoms. The number of rotatable bonds is 9. The normalized spacial score (nSPS) is 13.7. The SMILES string of the molecule is CC(C)C(NC(=O)OCC1c2ccccc2-c2ccccc21)C(=O)NC(C)(C)CCC(=O)O. The van der Waals surface area contributed by atoms with E-state index >= 15 is 0 Å². The number of alkyl carbamates (subject to hydrolysis) is 1. The van der Waals surface area contributed by atoms with Crippen LogP contribution in [-0.4, -0.2) is 41.3 Å². The fraction of sp³-hybridized carbons (Fsp3) is 0.423. The lowest BCUT2D eigenvalue weighted by Gasteiger charge is -2.30. The average molecular weight is 453 g/mol. The van der Waals surface area contributed by atoms with Crippen LogP contribution in [0.3, 0.4) is 0 Å². The molecule has 1 aliphatic rings. The third-order valence-electron chi connectivity index (χ3n) is 5.99. The minimum absolute atomic E-state index is 0.0561. The number of hydrogen-bond donors (Lipinski definition) is 3. The first-order valence-corrected chi connectivity index (χ1v) is 11.2. The third kappa shape index (κ3) is 5.92. The van der Waals surface area contributed by atoms with Crippen LogP contribution >= 0.6 is 0 Å². The van der Waals surface area contributed by atoms with E-state index < -0.39 is 23.6 Å². The summed E-state index contributed by atoms with van der Waals surface area (Å²) in [6.45, 7) is 7.35. The summed E-state index contributed by atoms with van der Waals surface area (Å²) >= 11 is 0. The van der Waals surface area contributed by atoms with E-state index in [4.69, 9.17) is 9.84 Å². The monoisotopic (exact) mass is 452 g/mol. The summed E-state index contributed by atoms with van der Waals surface area (Å²) in [4.78, 5) is 36.3. The van der Waals surface area contributed by atoms with Gasteiger partial charge in [0.1, 0.15) is 12.6 Å². The van der Waals surface area contributed by atoms with Crippen molar-refractivity contribution >= 4 is 18.0 Å². The zero-order chi connectivity index (χ0) is 24.2. The maximum Gasteiger partial charge on any atom is 0.407 e. The van der Waals surface area contributed by atoms with Crippen molar-refractivity contribution in [2.75, 3.05) is 6.61 Å². The van der Waals surface area contributed by atoms with E-state index in [2.05, 4.69) is 22.8 Å². The number of carbonyl (C=O) groups is 3. The number of ether oxygens (including phenoxy) is 1. The van der Waals surface area contributed by atoms with Gasteiger partial charge in [-0.25, -0.2) is 4.79 Å². The Balaban J connectivity index is 1.63. The van der Waals surface area contributed by atoms with Crippen LogP contribution in [0.1, 0.15) is 57.6 Å². The Kier molecular flexibility index (Phi) is 7.41. The molecule has 2 aromatic carbocycles. The molecule has 0 heterocycles. The predicted molar refractivity (Wildman–Crippen MR) is 126 cm³/mol. The first-order valence-electron chi connectivity index (χ1n) is 11.2. The maximum absolute atomic E-state index is 12.8. The van der Waals surface area contributed by atoms with Crippen molar-refractivity contribution < 1.29 is 24.2 Å². The van der Waals surface area contributed by atoms with Gasteiger partial charge in [-0.15, -0.1) is 0 Å². The van der Waals surface area contributed by atoms with E-state index in [1.54, 1.807) is 13.8 Å². The van der Waals surface area contributed by atoms with Gasteiger partial charge in [0.15, 0.2) is 0 Å². The van der Waals surface area contributed by atoms with E-state index in [1.807, 2.05) is 50.2 Å². The van der Waals surface area contributed by atoms with E-state index in [9.17, 15) is 14.4 Å². The van der Waals surface area contributed by atoms with Crippen LogP contribution in [0.25, 0.3) is 11.1 Å². The maximum atomic E-state index is 12.8. The van der Waals surface area contributed by atoms with Crippen molar-refractivity contribution in [3.63, 3.8) is 0 Å². The highest BCUT2D eigenvalue weighted by molar-refractivity contribution is 5.86. The molecule has 0 saturated carbocycles. The smallest absolute Gasteiger partial charge is 0.407 e. The second kappa shape index (κ2) is 10.1. The van der Waals surface area contributed by atoms with Crippen LogP contribution in [0.4, 0.5) is 4.79 Å². The Morgan fingerprint density at radius 2 is 1.55 bits per heavy atom. The van der Waals surface area contributed by atoms with Crippen molar-refractivity contribution in [3.05, 3.63) is 59.7 Å². The first kappa shape index (κ1) is 24.3. The lowest BCUT2D eigenvalue weighted by molar-refractivity contribution is -0.138. The number of amides is 2. The molecule has 0 aromatic heterocycles. The Morgan fingerprint density at radius 1 is 1.00 bits per heavy atom. The molecule has 0 saturated heterocycles. The van der Waals surface area contributed by atoms with Gasteiger partial charge in [-0.2, -0.15) is 0 Å². The number of nitrogens with one attached hydrogen (secondary N) is 2. The molecule has 0 aliphatic heterocycles. The van der Waals surface area contributed by atoms with Gasteiger partial charge in [0.2, 0.25) is 5.91 Å². The molecule has 7 nitrogen and oxygen atoms in total. The van der Waals surface area contributed by atoms with Gasteiger partial charge >= 0.3 is 12.1 Å². The molecule has 1 atom stereocenters. The number of carboxylic acids is 1. The van der Waals surface area contributed by atoms with Crippen LogP contribution in [0, 0.1) is 5.92 Å². The lowest BCUT2D eigenvalue weighted by atomic mass is 9.96. The molecule has 176 valence electrons. The Bertz CT molecular complexity index is 985. The minimum Gasteiger partial charge on any atom is -0.481 e. The molecule has 1 unspecified atom stereocenters. The van der Waals surface area contributed by atoms with Gasteiger partial charge in [-0.1, -0.05) is 62.4 Å². The lowest BCUT2D eigenvalue weighted by Crippen LogP contribution is -2.55. The fourth-order valence-electron chi connectivity index (χ4n) is 4.20. The standard InChI is InChI=1S/C26H32N2O5/c1-16(2)23(24(31)28-26(3,4)14-13-22(29)30)27-25(32)33-15-21-19-11-7-5-9-17(19)18-10-6-8-12-20(18)21/h5-12,16,21,23H,13-15H2,1-4H3,(H,27,32)(H,28,31)(H,29,30). The third-order valence-corrected chi connectivity index (χ3v) is 5.99. The number of hydrogen-bond acceptors (Lipinski definition) is 4. The van der Waals surface area contributed by atoms with Crippen molar-refractivity contribution in [1.82, 2.24) is 10.6 Å². The molecule has 33 heavy (non-hydrogen) atoms. The molecular formula is C26H32N2O5. The van der Waals surface area contributed by atoms with Crippen LogP contribution in [-0.2, 0) is 14.3 Å². The van der Waals surface area contributed by atoms with Crippen LogP contribution < -0.4 is 10.6 Å². The highest BCUT2D eigenvalue weighted by Crippen LogP contribution is 2.44. The number of fused-ring (bicyclic) bond motifs is 3. The topological polar surface area (TPSA) is 105 Å². The molecule has 0 bridgehead atoms. The molecular weight excluding hydrogens is 420 g/mol. The molecule has 0 fully saturated rings. The van der Waals surface area contributed by atoms with E-state index in [0.29, 0.717) is 0 Å². The van der Waals surface area contributed by atoms with E-state index in [0.717, 1.165) is 22.3 Å². The number of benzene rings is 2. The second-order valence-electron chi connectivity index (χ2n) is 9.46. The predicted octanol–water partition coefficient (Wildman–Crippen LogP) is 4.31. The number of carbonyl (C=O) groups excluding carboxylic acids is 2. The Labute approximate surface area is 194 Å². The van der Waals surface area contributed by atoms with Crippen molar-refractivity contribution in [2.24, 2.45) is 5.92 Å². The highest BCUT2D eigenvalue weighted by Gasteiger charge is 2.32. The summed E-state index contributed by atoms with van der Waals surface area (Å²) in [6.07, 6.45) is -0.433. The van der Waals surface area contributed by atoms with Gasteiger partial charge in [-0.3, -0.25) is 9.59 Å². The summed E-state index contributed by atoms with van der Waals surface area (Å²) in [7, 11) is 0. The summed E-state index contributed by atoms with van der Waals surface area (Å²) < 4.78 is 5.57. The van der Waals surface area contributed by atoms with Crippen molar-refractivity contribution in [3.8, 4) is 11.1 Å². The molecule has 3 N–H and O–H groups in total. The fourth-order valence-corrected chi connectivity index (χ4v) is 4.20. The molecule has 7 heteroatoms. The van der Waals surface area contributed by atoms with Gasteiger partial charge < -0.3 is 20.5 Å². The van der Waals surface area contributed by atoms with Gasteiger partial charge in [0, 0.05) is 17.9 Å². The second-order valence-corrected chi connectivity index (χ2v) is 9.46. The Hall–Kier alpha value is -3.35. The summed E-state index contributed by atoms with van der Waals surface area (Å²) in [5.41, 5.74) is 3.80. The Morgan fingerprint density at radius 3 is 2.06 bits per heavy atom. The summed E-state index contributed by atoms with van der Waals surface area (Å²) in [6, 6.07) is 15.4. The summed E-state index contributed by atoms with van der Waals surface area (Å²) in [5.74, 6) is -1.53. The molecule has 3 rings (SSSR count). The number of carboxylic acid groups (broad SMARTS) is 1. The van der Waals surface area contributed by atoms with Gasteiger partial charge in [0.05, 0.1) is 0 Å². The van der Waals surface area contributed by atoms with Gasteiger partial charge in [0.25, 0.3) is 0 Å². The number of aliphatic carboxylic acids is 1. The average Bonchev–Trinajstić information content (AvgIpc) is 3.08. The minimum atomic E-state index is -0.922. The van der Waals surface area contributed by atoms with E-state index in [1.165, 1.54) is 0 Å². The summed E-state index contributed by atoms with van der Waals surface area (Å²) in [5, 5.41) is 14.4. The van der Waals surface area contributed by atoms with Crippen molar-refractivity contribution in [1.29, 1.82) is 0 Å². The molecule has 1 aliphatic carbocycles. The van der Waals surface area contributed by atoms with Crippen LogP contribution in [0.15, 0.2) is 48.5 Å². The first-order chi connectivity index (χ1) is 15.6.